The largest absolute Gasteiger partial charge is 0.354 e. The topological polar surface area (TPSA) is 86.8 Å². The molecular formula is C22H24Cl5N3O4S. The number of hydrogen-bond acceptors (Lipinski definition) is 4. The highest BCUT2D eigenvalue weighted by Gasteiger charge is 2.31. The van der Waals surface area contributed by atoms with Crippen LogP contribution in [-0.4, -0.2) is 50.5 Å². The highest BCUT2D eigenvalue weighted by molar-refractivity contribution is 7.92. The normalized spacial score (nSPS) is 12.2. The van der Waals surface area contributed by atoms with Crippen molar-refractivity contribution in [3.05, 3.63) is 61.0 Å². The molecule has 0 aliphatic rings. The van der Waals surface area contributed by atoms with E-state index in [4.69, 9.17) is 58.0 Å². The Morgan fingerprint density at radius 2 is 1.60 bits per heavy atom. The Kier molecular flexibility index (Phi) is 10.8. The zero-order valence-corrected chi connectivity index (χ0v) is 23.7. The first-order valence-corrected chi connectivity index (χ1v) is 14.1. The summed E-state index contributed by atoms with van der Waals surface area (Å²) in [6.07, 6.45) is 1.63. The first-order valence-electron chi connectivity index (χ1n) is 10.4. The van der Waals surface area contributed by atoms with Crippen molar-refractivity contribution in [1.29, 1.82) is 0 Å². The lowest BCUT2D eigenvalue weighted by atomic mass is 10.1. The lowest BCUT2D eigenvalue weighted by Crippen LogP contribution is -2.51. The van der Waals surface area contributed by atoms with Crippen molar-refractivity contribution in [3.63, 3.8) is 0 Å². The summed E-state index contributed by atoms with van der Waals surface area (Å²) in [5.41, 5.74) is 0.502. The summed E-state index contributed by atoms with van der Waals surface area (Å²) >= 11 is 30.5. The van der Waals surface area contributed by atoms with Crippen LogP contribution in [0.15, 0.2) is 30.3 Å². The number of hydrogen-bond donors (Lipinski definition) is 1. The molecule has 0 fully saturated rings. The van der Waals surface area contributed by atoms with E-state index in [1.165, 1.54) is 23.1 Å². The Morgan fingerprint density at radius 1 is 0.971 bits per heavy atom. The van der Waals surface area contributed by atoms with Crippen LogP contribution >= 0.6 is 58.0 Å². The number of rotatable bonds is 10. The van der Waals surface area contributed by atoms with Crippen LogP contribution in [0.3, 0.4) is 0 Å². The number of anilines is 1. The van der Waals surface area contributed by atoms with E-state index in [9.17, 15) is 18.0 Å². The Hall–Kier alpha value is -1.42. The molecule has 2 rings (SSSR count). The maximum absolute atomic E-state index is 13.5. The van der Waals surface area contributed by atoms with E-state index >= 15 is 0 Å². The van der Waals surface area contributed by atoms with Gasteiger partial charge in [0, 0.05) is 23.1 Å². The zero-order valence-electron chi connectivity index (χ0n) is 19.1. The van der Waals surface area contributed by atoms with Crippen LogP contribution in [0.5, 0.6) is 0 Å². The first kappa shape index (κ1) is 29.8. The van der Waals surface area contributed by atoms with Crippen LogP contribution in [0.2, 0.25) is 25.1 Å². The summed E-state index contributed by atoms with van der Waals surface area (Å²) < 4.78 is 26.1. The van der Waals surface area contributed by atoms with Crippen molar-refractivity contribution in [2.45, 2.75) is 32.9 Å². The van der Waals surface area contributed by atoms with Gasteiger partial charge in [0.05, 0.1) is 27.0 Å². The summed E-state index contributed by atoms with van der Waals surface area (Å²) in [5, 5.41) is 3.61. The molecule has 0 aliphatic carbocycles. The highest BCUT2D eigenvalue weighted by Crippen LogP contribution is 2.35. The third-order valence-electron chi connectivity index (χ3n) is 5.01. The molecular weight excluding hydrogens is 580 g/mol. The second-order valence-electron chi connectivity index (χ2n) is 7.71. The third-order valence-corrected chi connectivity index (χ3v) is 7.75. The molecule has 1 atom stereocenters. The summed E-state index contributed by atoms with van der Waals surface area (Å²) in [5.74, 6) is -1.06. The monoisotopic (exact) mass is 601 g/mol. The van der Waals surface area contributed by atoms with Gasteiger partial charge in [-0.2, -0.15) is 0 Å². The fourth-order valence-electron chi connectivity index (χ4n) is 3.11. The molecule has 0 heterocycles. The van der Waals surface area contributed by atoms with Gasteiger partial charge in [-0.15, -0.1) is 0 Å². The molecule has 0 spiro atoms. The molecule has 0 bridgehead atoms. The number of carbonyl (C=O) groups is 2. The second-order valence-corrected chi connectivity index (χ2v) is 11.7. The van der Waals surface area contributed by atoms with Crippen LogP contribution in [0.1, 0.15) is 25.8 Å². The van der Waals surface area contributed by atoms with Gasteiger partial charge in [0.2, 0.25) is 21.8 Å². The van der Waals surface area contributed by atoms with Gasteiger partial charge in [0.1, 0.15) is 12.6 Å². The molecule has 2 aromatic rings. The fraction of sp³-hybridized carbons (Fsp3) is 0.364. The standard InChI is InChI=1S/C22H24Cl5N3O4S/c1-4-7-28-22(32)13(2)29(11-14-5-6-15(23)8-16(14)24)21(31)12-30(35(3,33)34)20-10-18(26)17(25)9-19(20)27/h5-6,8-10,13H,4,7,11-12H2,1-3H3,(H,28,32)/t13-/m0/s1. The molecule has 1 N–H and O–H groups in total. The number of sulfonamides is 1. The van der Waals surface area contributed by atoms with Gasteiger partial charge in [-0.05, 0) is 43.2 Å². The Bertz CT molecular complexity index is 1210. The van der Waals surface area contributed by atoms with Gasteiger partial charge < -0.3 is 10.2 Å². The number of nitrogens with zero attached hydrogens (tertiary/aromatic N) is 2. The van der Waals surface area contributed by atoms with E-state index in [0.717, 1.165) is 10.6 Å². The average molecular weight is 604 g/mol. The summed E-state index contributed by atoms with van der Waals surface area (Å²) in [4.78, 5) is 27.5. The molecule has 192 valence electrons. The van der Waals surface area contributed by atoms with E-state index in [1.54, 1.807) is 19.1 Å². The number of carbonyl (C=O) groups excluding carboxylic acids is 2. The number of benzene rings is 2. The minimum atomic E-state index is -3.99. The Morgan fingerprint density at radius 3 is 2.17 bits per heavy atom. The minimum Gasteiger partial charge on any atom is -0.354 e. The second kappa shape index (κ2) is 12.7. The van der Waals surface area contributed by atoms with Gasteiger partial charge in [0.25, 0.3) is 0 Å². The van der Waals surface area contributed by atoms with E-state index in [-0.39, 0.29) is 27.3 Å². The third kappa shape index (κ3) is 8.03. The predicted molar refractivity (Wildman–Crippen MR) is 143 cm³/mol. The van der Waals surface area contributed by atoms with E-state index < -0.39 is 34.4 Å². The Balaban J connectivity index is 2.48. The summed E-state index contributed by atoms with van der Waals surface area (Å²) in [6.45, 7) is 3.15. The molecule has 2 aromatic carbocycles. The fourth-order valence-corrected chi connectivity index (χ4v) is 5.12. The maximum atomic E-state index is 13.5. The van der Waals surface area contributed by atoms with Crippen molar-refractivity contribution in [2.75, 3.05) is 23.7 Å². The van der Waals surface area contributed by atoms with Gasteiger partial charge >= 0.3 is 0 Å². The van der Waals surface area contributed by atoms with Crippen molar-refractivity contribution in [2.24, 2.45) is 0 Å². The molecule has 0 radical (unpaired) electrons. The lowest BCUT2D eigenvalue weighted by Gasteiger charge is -2.32. The number of nitrogens with one attached hydrogen (secondary N) is 1. The van der Waals surface area contributed by atoms with Crippen molar-refractivity contribution in [3.8, 4) is 0 Å². The molecule has 35 heavy (non-hydrogen) atoms. The summed E-state index contributed by atoms with van der Waals surface area (Å²) in [7, 11) is -3.99. The molecule has 0 aliphatic heterocycles. The van der Waals surface area contributed by atoms with Crippen LogP contribution < -0.4 is 9.62 Å². The smallest absolute Gasteiger partial charge is 0.244 e. The van der Waals surface area contributed by atoms with Crippen LogP contribution in [0.4, 0.5) is 5.69 Å². The zero-order chi connectivity index (χ0) is 26.5. The average Bonchev–Trinajstić information content (AvgIpc) is 2.76. The Labute approximate surface area is 230 Å². The number of amides is 2. The molecule has 0 unspecified atom stereocenters. The SMILES string of the molecule is CCCNC(=O)[C@H](C)N(Cc1ccc(Cl)cc1Cl)C(=O)CN(c1cc(Cl)c(Cl)cc1Cl)S(C)(=O)=O. The van der Waals surface area contributed by atoms with Gasteiger partial charge in [-0.3, -0.25) is 13.9 Å². The van der Waals surface area contributed by atoms with Gasteiger partial charge in [-0.25, -0.2) is 8.42 Å². The van der Waals surface area contributed by atoms with E-state index in [2.05, 4.69) is 5.32 Å². The molecule has 0 saturated carbocycles. The first-order chi connectivity index (χ1) is 16.3. The number of halogens is 5. The maximum Gasteiger partial charge on any atom is 0.244 e. The van der Waals surface area contributed by atoms with Crippen LogP contribution in [-0.2, 0) is 26.2 Å². The molecule has 0 aromatic heterocycles. The van der Waals surface area contributed by atoms with Gasteiger partial charge in [-0.1, -0.05) is 71.0 Å². The quantitative estimate of drug-likeness (QED) is 0.355. The predicted octanol–water partition coefficient (Wildman–Crippen LogP) is 5.66. The molecule has 0 saturated heterocycles. The van der Waals surface area contributed by atoms with E-state index in [0.29, 0.717) is 28.6 Å². The van der Waals surface area contributed by atoms with Crippen molar-refractivity contribution in [1.82, 2.24) is 10.2 Å². The van der Waals surface area contributed by atoms with Crippen molar-refractivity contribution >= 4 is 85.5 Å². The van der Waals surface area contributed by atoms with Crippen molar-refractivity contribution < 1.29 is 18.0 Å². The summed E-state index contributed by atoms with van der Waals surface area (Å²) in [6, 6.07) is 6.36. The molecule has 7 nitrogen and oxygen atoms in total. The minimum absolute atomic E-state index is 0.0151. The lowest BCUT2D eigenvalue weighted by molar-refractivity contribution is -0.139. The van der Waals surface area contributed by atoms with Gasteiger partial charge in [0.15, 0.2) is 0 Å². The molecule has 2 amide bonds. The van der Waals surface area contributed by atoms with E-state index in [1.807, 2.05) is 6.92 Å². The highest BCUT2D eigenvalue weighted by atomic mass is 35.5. The molecule has 13 heteroatoms. The van der Waals surface area contributed by atoms with Crippen LogP contribution in [0.25, 0.3) is 0 Å². The van der Waals surface area contributed by atoms with Crippen LogP contribution in [0, 0.1) is 0 Å².